The number of nitrogens with two attached hydrogens (primary N) is 1. The average molecular weight is 277 g/mol. The predicted molar refractivity (Wildman–Crippen MR) is 70.9 cm³/mol. The van der Waals surface area contributed by atoms with Gasteiger partial charge in [-0.1, -0.05) is 12.1 Å². The Bertz CT molecular complexity index is 775. The van der Waals surface area contributed by atoms with Crippen LogP contribution in [0.25, 0.3) is 22.4 Å². The zero-order valence-corrected chi connectivity index (χ0v) is 10.2. The number of imidazole rings is 1. The second-order valence-corrected chi connectivity index (χ2v) is 4.44. The van der Waals surface area contributed by atoms with Crippen LogP contribution in [-0.2, 0) is 6.18 Å². The van der Waals surface area contributed by atoms with E-state index in [1.165, 1.54) is 6.07 Å². The Morgan fingerprint density at radius 1 is 1.05 bits per heavy atom. The van der Waals surface area contributed by atoms with Gasteiger partial charge in [0.2, 0.25) is 0 Å². The first-order valence-corrected chi connectivity index (χ1v) is 5.86. The first kappa shape index (κ1) is 12.5. The molecule has 0 saturated heterocycles. The zero-order chi connectivity index (χ0) is 14.3. The molecule has 2 aromatic carbocycles. The SMILES string of the molecule is Nc1ccc2[nH]c(-c3cccc(C(F)(F)F)c3)nc2c1. The van der Waals surface area contributed by atoms with Gasteiger partial charge in [-0.05, 0) is 30.3 Å². The molecule has 6 heteroatoms. The van der Waals surface area contributed by atoms with Gasteiger partial charge in [-0.2, -0.15) is 13.2 Å². The Morgan fingerprint density at radius 2 is 1.85 bits per heavy atom. The number of benzene rings is 2. The van der Waals surface area contributed by atoms with Gasteiger partial charge in [-0.3, -0.25) is 0 Å². The third kappa shape index (κ3) is 2.20. The standard InChI is InChI=1S/C14H10F3N3/c15-14(16,17)9-3-1-2-8(6-9)13-19-11-5-4-10(18)7-12(11)20-13/h1-7H,18H2,(H,19,20). The van der Waals surface area contributed by atoms with Gasteiger partial charge in [0.25, 0.3) is 0 Å². The summed E-state index contributed by atoms with van der Waals surface area (Å²) in [6.45, 7) is 0. The lowest BCUT2D eigenvalue weighted by atomic mass is 10.1. The lowest BCUT2D eigenvalue weighted by Crippen LogP contribution is -2.04. The number of hydrogen-bond acceptors (Lipinski definition) is 2. The van der Waals surface area contributed by atoms with Crippen molar-refractivity contribution in [3.05, 3.63) is 48.0 Å². The number of nitrogens with one attached hydrogen (secondary N) is 1. The molecule has 0 atom stereocenters. The Morgan fingerprint density at radius 3 is 2.60 bits per heavy atom. The van der Waals surface area contributed by atoms with Crippen molar-refractivity contribution in [2.45, 2.75) is 6.18 Å². The molecule has 3 nitrogen and oxygen atoms in total. The molecule has 3 rings (SSSR count). The van der Waals surface area contributed by atoms with Crippen molar-refractivity contribution in [3.63, 3.8) is 0 Å². The normalized spacial score (nSPS) is 11.9. The maximum Gasteiger partial charge on any atom is 0.416 e. The highest BCUT2D eigenvalue weighted by atomic mass is 19.4. The van der Waals surface area contributed by atoms with E-state index in [0.29, 0.717) is 22.6 Å². The molecule has 0 radical (unpaired) electrons. The van der Waals surface area contributed by atoms with Crippen LogP contribution in [0.3, 0.4) is 0 Å². The van der Waals surface area contributed by atoms with Gasteiger partial charge in [-0.15, -0.1) is 0 Å². The Kier molecular flexibility index (Phi) is 2.67. The molecule has 0 aliphatic rings. The highest BCUT2D eigenvalue weighted by Crippen LogP contribution is 2.32. The van der Waals surface area contributed by atoms with Crippen LogP contribution in [0.1, 0.15) is 5.56 Å². The molecule has 0 aliphatic carbocycles. The fourth-order valence-corrected chi connectivity index (χ4v) is 2.00. The summed E-state index contributed by atoms with van der Waals surface area (Å²) in [6, 6.07) is 10.2. The van der Waals surface area contributed by atoms with Crippen molar-refractivity contribution in [1.82, 2.24) is 9.97 Å². The van der Waals surface area contributed by atoms with E-state index in [4.69, 9.17) is 5.73 Å². The molecule has 0 spiro atoms. The van der Waals surface area contributed by atoms with Crippen LogP contribution in [0, 0.1) is 0 Å². The number of nitrogens with zero attached hydrogens (tertiary/aromatic N) is 1. The lowest BCUT2D eigenvalue weighted by Gasteiger charge is -2.07. The molecule has 3 aromatic rings. The summed E-state index contributed by atoms with van der Waals surface area (Å²) < 4.78 is 38.1. The van der Waals surface area contributed by atoms with E-state index in [-0.39, 0.29) is 0 Å². The molecular weight excluding hydrogens is 267 g/mol. The topological polar surface area (TPSA) is 54.7 Å². The molecule has 0 fully saturated rings. The molecule has 3 N–H and O–H groups in total. The largest absolute Gasteiger partial charge is 0.416 e. The molecule has 0 amide bonds. The van der Waals surface area contributed by atoms with Crippen LogP contribution >= 0.6 is 0 Å². The van der Waals surface area contributed by atoms with Crippen molar-refractivity contribution in [1.29, 1.82) is 0 Å². The third-order valence-corrected chi connectivity index (χ3v) is 2.97. The van der Waals surface area contributed by atoms with Gasteiger partial charge in [0.1, 0.15) is 5.82 Å². The molecule has 0 aliphatic heterocycles. The number of fused-ring (bicyclic) bond motifs is 1. The van der Waals surface area contributed by atoms with Gasteiger partial charge in [0.15, 0.2) is 0 Å². The maximum absolute atomic E-state index is 12.7. The smallest absolute Gasteiger partial charge is 0.399 e. The van der Waals surface area contributed by atoms with E-state index in [0.717, 1.165) is 17.6 Å². The summed E-state index contributed by atoms with van der Waals surface area (Å²) in [5, 5.41) is 0. The van der Waals surface area contributed by atoms with Crippen LogP contribution in [0.5, 0.6) is 0 Å². The van der Waals surface area contributed by atoms with Gasteiger partial charge in [-0.25, -0.2) is 4.98 Å². The number of aromatic amines is 1. The minimum atomic E-state index is -4.37. The Hall–Kier alpha value is -2.50. The van der Waals surface area contributed by atoms with Crippen molar-refractivity contribution in [3.8, 4) is 11.4 Å². The summed E-state index contributed by atoms with van der Waals surface area (Å²) >= 11 is 0. The van der Waals surface area contributed by atoms with Crippen molar-refractivity contribution in [2.24, 2.45) is 0 Å². The Balaban J connectivity index is 2.11. The fourth-order valence-electron chi connectivity index (χ4n) is 2.00. The molecule has 0 unspecified atom stereocenters. The van der Waals surface area contributed by atoms with Crippen molar-refractivity contribution < 1.29 is 13.2 Å². The number of anilines is 1. The van der Waals surface area contributed by atoms with Gasteiger partial charge in [0, 0.05) is 11.3 Å². The minimum absolute atomic E-state index is 0.384. The lowest BCUT2D eigenvalue weighted by molar-refractivity contribution is -0.137. The van der Waals surface area contributed by atoms with E-state index >= 15 is 0 Å². The van der Waals surface area contributed by atoms with Gasteiger partial charge < -0.3 is 10.7 Å². The number of hydrogen-bond donors (Lipinski definition) is 2. The number of alkyl halides is 3. The first-order chi connectivity index (χ1) is 9.43. The molecule has 0 bridgehead atoms. The number of aromatic nitrogens is 2. The quantitative estimate of drug-likeness (QED) is 0.664. The maximum atomic E-state index is 12.7. The summed E-state index contributed by atoms with van der Waals surface area (Å²) in [7, 11) is 0. The van der Waals surface area contributed by atoms with E-state index < -0.39 is 11.7 Å². The average Bonchev–Trinajstić information content (AvgIpc) is 2.81. The molecule has 0 saturated carbocycles. The highest BCUT2D eigenvalue weighted by Gasteiger charge is 2.30. The fraction of sp³-hybridized carbons (Fsp3) is 0.0714. The molecule has 1 heterocycles. The van der Waals surface area contributed by atoms with Crippen molar-refractivity contribution in [2.75, 3.05) is 5.73 Å². The Labute approximate surface area is 112 Å². The van der Waals surface area contributed by atoms with Crippen LogP contribution in [0.4, 0.5) is 18.9 Å². The van der Waals surface area contributed by atoms with Crippen LogP contribution < -0.4 is 5.73 Å². The number of H-pyrrole nitrogens is 1. The molecule has 102 valence electrons. The van der Waals surface area contributed by atoms with Crippen LogP contribution in [0.15, 0.2) is 42.5 Å². The van der Waals surface area contributed by atoms with E-state index in [1.807, 2.05) is 0 Å². The molecule has 1 aromatic heterocycles. The third-order valence-electron chi connectivity index (χ3n) is 2.97. The van der Waals surface area contributed by atoms with Crippen LogP contribution in [-0.4, -0.2) is 9.97 Å². The highest BCUT2D eigenvalue weighted by molar-refractivity contribution is 5.82. The van der Waals surface area contributed by atoms with E-state index in [9.17, 15) is 13.2 Å². The second kappa shape index (κ2) is 4.26. The van der Waals surface area contributed by atoms with Gasteiger partial charge >= 0.3 is 6.18 Å². The summed E-state index contributed by atoms with van der Waals surface area (Å²) in [6.07, 6.45) is -4.37. The summed E-state index contributed by atoms with van der Waals surface area (Å²) in [4.78, 5) is 7.25. The zero-order valence-electron chi connectivity index (χ0n) is 10.2. The molecular formula is C14H10F3N3. The van der Waals surface area contributed by atoms with Gasteiger partial charge in [0.05, 0.1) is 16.6 Å². The van der Waals surface area contributed by atoms with E-state index in [2.05, 4.69) is 9.97 Å². The van der Waals surface area contributed by atoms with Crippen molar-refractivity contribution >= 4 is 16.7 Å². The van der Waals surface area contributed by atoms with E-state index in [1.54, 1.807) is 24.3 Å². The minimum Gasteiger partial charge on any atom is -0.399 e. The summed E-state index contributed by atoms with van der Waals surface area (Å²) in [5.41, 5.74) is 7.24. The first-order valence-electron chi connectivity index (χ1n) is 5.86. The molecule has 20 heavy (non-hydrogen) atoms. The van der Waals surface area contributed by atoms with Crippen LogP contribution in [0.2, 0.25) is 0 Å². The second-order valence-electron chi connectivity index (χ2n) is 4.44. The number of nitrogen functional groups attached to an aromatic ring is 1. The predicted octanol–water partition coefficient (Wildman–Crippen LogP) is 3.83. The number of rotatable bonds is 1. The number of halogens is 3. The monoisotopic (exact) mass is 277 g/mol. The summed E-state index contributed by atoms with van der Waals surface area (Å²) in [5.74, 6) is 0.386.